The standard InChI is InChI=1S/C30H55N5O7/c1-10-20(4)26(33(7)28(37)25(19(2)3)31-30(40)34-16-14-32(6)15-17-34)23(41-8)18-24(36)35-13-11-12-22(35)27(42-9)21(5)29(38)39/h19-23,25-27H,10-18H2,1-9H3,(H,31,40)(H,38,39)/t20-,21+,22?,23+,25?,26-,27+/m0/s1. The molecule has 0 bridgehead atoms. The van der Waals surface area contributed by atoms with Crippen LogP contribution in [0.5, 0.6) is 0 Å². The van der Waals surface area contributed by atoms with Crippen LogP contribution >= 0.6 is 0 Å². The summed E-state index contributed by atoms with van der Waals surface area (Å²) in [4.78, 5) is 59.7. The van der Waals surface area contributed by atoms with Gasteiger partial charge in [-0.05, 0) is 38.6 Å². The van der Waals surface area contributed by atoms with Gasteiger partial charge >= 0.3 is 12.0 Å². The number of nitrogens with zero attached hydrogens (tertiary/aromatic N) is 4. The second kappa shape index (κ2) is 16.4. The van der Waals surface area contributed by atoms with Gasteiger partial charge in [-0.25, -0.2) is 4.79 Å². The summed E-state index contributed by atoms with van der Waals surface area (Å²) in [6.07, 6.45) is 0.996. The molecule has 0 aromatic carbocycles. The lowest BCUT2D eigenvalue weighted by Crippen LogP contribution is -2.60. The number of carbonyl (C=O) groups is 4. The second-order valence-corrected chi connectivity index (χ2v) is 12.4. The number of piperazine rings is 1. The Morgan fingerprint density at radius 1 is 1.00 bits per heavy atom. The van der Waals surface area contributed by atoms with Gasteiger partial charge in [0.15, 0.2) is 0 Å². The highest BCUT2D eigenvalue weighted by molar-refractivity contribution is 5.87. The van der Waals surface area contributed by atoms with E-state index in [9.17, 15) is 24.3 Å². The number of rotatable bonds is 14. The molecule has 7 atom stereocenters. The van der Waals surface area contributed by atoms with Crippen LogP contribution in [0.2, 0.25) is 0 Å². The maximum absolute atomic E-state index is 14.0. The van der Waals surface area contributed by atoms with Crippen molar-refractivity contribution in [3.63, 3.8) is 0 Å². The Morgan fingerprint density at radius 2 is 1.62 bits per heavy atom. The SMILES string of the molecule is CC[C@H](C)[C@@H]([C@@H](CC(=O)N1CCCC1[C@H](OC)[C@@H](C)C(=O)O)OC)N(C)C(=O)C(NC(=O)N1CCN(C)CC1)C(C)C. The monoisotopic (exact) mass is 597 g/mol. The molecular formula is C30H55N5O7. The number of hydrogen-bond donors (Lipinski definition) is 2. The van der Waals surface area contributed by atoms with E-state index in [4.69, 9.17) is 9.47 Å². The molecule has 0 aromatic rings. The first-order chi connectivity index (χ1) is 19.8. The Bertz CT molecular complexity index is 910. The maximum atomic E-state index is 14.0. The van der Waals surface area contributed by atoms with Crippen LogP contribution in [0.25, 0.3) is 0 Å². The third kappa shape index (κ3) is 8.79. The van der Waals surface area contributed by atoms with Gasteiger partial charge in [0, 0.05) is 54.0 Å². The number of methoxy groups -OCH3 is 2. The van der Waals surface area contributed by atoms with E-state index in [1.165, 1.54) is 7.11 Å². The van der Waals surface area contributed by atoms with Gasteiger partial charge in [0.05, 0.1) is 36.6 Å². The lowest BCUT2D eigenvalue weighted by molar-refractivity contribution is -0.152. The Balaban J connectivity index is 2.23. The maximum Gasteiger partial charge on any atom is 0.318 e. The van der Waals surface area contributed by atoms with Crippen LogP contribution in [0.4, 0.5) is 4.79 Å². The van der Waals surface area contributed by atoms with Gasteiger partial charge in [-0.15, -0.1) is 0 Å². The van der Waals surface area contributed by atoms with Gasteiger partial charge < -0.3 is 39.5 Å². The van der Waals surface area contributed by atoms with Gasteiger partial charge in [0.25, 0.3) is 0 Å². The quantitative estimate of drug-likeness (QED) is 0.311. The van der Waals surface area contributed by atoms with Crippen LogP contribution in [-0.4, -0.2) is 140 Å². The molecule has 2 aliphatic heterocycles. The predicted octanol–water partition coefficient (Wildman–Crippen LogP) is 1.97. The van der Waals surface area contributed by atoms with Crippen molar-refractivity contribution in [1.82, 2.24) is 24.9 Å². The molecule has 0 spiro atoms. The van der Waals surface area contributed by atoms with E-state index in [0.29, 0.717) is 26.1 Å². The first-order valence-corrected chi connectivity index (χ1v) is 15.4. The molecule has 0 aromatic heterocycles. The van der Waals surface area contributed by atoms with Crippen LogP contribution in [0.3, 0.4) is 0 Å². The second-order valence-electron chi connectivity index (χ2n) is 12.4. The molecule has 2 N–H and O–H groups in total. The number of ether oxygens (including phenoxy) is 2. The Labute approximate surface area is 252 Å². The van der Waals surface area contributed by atoms with E-state index in [2.05, 4.69) is 10.2 Å². The molecular weight excluding hydrogens is 542 g/mol. The van der Waals surface area contributed by atoms with Crippen molar-refractivity contribution in [3.05, 3.63) is 0 Å². The zero-order valence-electron chi connectivity index (χ0n) is 27.2. The van der Waals surface area contributed by atoms with Crippen molar-refractivity contribution in [1.29, 1.82) is 0 Å². The molecule has 12 nitrogen and oxygen atoms in total. The number of aliphatic carboxylic acids is 1. The lowest BCUT2D eigenvalue weighted by Gasteiger charge is -2.41. The molecule has 4 amide bonds. The summed E-state index contributed by atoms with van der Waals surface area (Å²) in [5.74, 6) is -2.25. The zero-order valence-corrected chi connectivity index (χ0v) is 27.2. The summed E-state index contributed by atoms with van der Waals surface area (Å²) < 4.78 is 11.5. The van der Waals surface area contributed by atoms with Crippen LogP contribution in [0, 0.1) is 17.8 Å². The van der Waals surface area contributed by atoms with Crippen molar-refractivity contribution < 1.29 is 33.8 Å². The van der Waals surface area contributed by atoms with Gasteiger partial charge in [-0.2, -0.15) is 0 Å². The topological polar surface area (TPSA) is 132 Å². The number of hydrogen-bond acceptors (Lipinski definition) is 7. The molecule has 42 heavy (non-hydrogen) atoms. The summed E-state index contributed by atoms with van der Waals surface area (Å²) in [6.45, 7) is 12.8. The van der Waals surface area contributed by atoms with E-state index in [1.807, 2.05) is 34.7 Å². The van der Waals surface area contributed by atoms with Gasteiger partial charge in [-0.3, -0.25) is 14.4 Å². The number of carbonyl (C=O) groups excluding carboxylic acids is 3. The summed E-state index contributed by atoms with van der Waals surface area (Å²) >= 11 is 0. The normalized spacial score (nSPS) is 22.3. The van der Waals surface area contributed by atoms with Crippen LogP contribution in [0.15, 0.2) is 0 Å². The number of likely N-dealkylation sites (tertiary alicyclic amines) is 1. The first-order valence-electron chi connectivity index (χ1n) is 15.4. The van der Waals surface area contributed by atoms with Crippen LogP contribution < -0.4 is 5.32 Å². The molecule has 0 radical (unpaired) electrons. The Hall–Kier alpha value is -2.44. The van der Waals surface area contributed by atoms with Crippen molar-refractivity contribution in [2.24, 2.45) is 17.8 Å². The van der Waals surface area contributed by atoms with E-state index < -0.39 is 36.2 Å². The molecule has 0 saturated carbocycles. The van der Waals surface area contributed by atoms with Crippen molar-refractivity contribution in [2.45, 2.75) is 90.6 Å². The first kappa shape index (κ1) is 35.8. The number of likely N-dealkylation sites (N-methyl/N-ethyl adjacent to an activating group) is 2. The summed E-state index contributed by atoms with van der Waals surface area (Å²) in [5, 5.41) is 12.6. The highest BCUT2D eigenvalue weighted by atomic mass is 16.5. The molecule has 2 unspecified atom stereocenters. The van der Waals surface area contributed by atoms with Gasteiger partial charge in [0.1, 0.15) is 6.04 Å². The predicted molar refractivity (Wildman–Crippen MR) is 160 cm³/mol. The minimum atomic E-state index is -0.965. The summed E-state index contributed by atoms with van der Waals surface area (Å²) in [5.41, 5.74) is 0. The molecule has 0 aliphatic carbocycles. The Kier molecular flexibility index (Phi) is 14.0. The van der Waals surface area contributed by atoms with Crippen LogP contribution in [0.1, 0.15) is 60.3 Å². The number of urea groups is 1. The summed E-state index contributed by atoms with van der Waals surface area (Å²) in [7, 11) is 6.77. The minimum Gasteiger partial charge on any atom is -0.481 e. The van der Waals surface area contributed by atoms with Crippen molar-refractivity contribution in [3.8, 4) is 0 Å². The zero-order chi connectivity index (χ0) is 31.7. The fourth-order valence-corrected chi connectivity index (χ4v) is 6.26. The average molecular weight is 598 g/mol. The van der Waals surface area contributed by atoms with Gasteiger partial charge in [0.2, 0.25) is 11.8 Å². The molecule has 242 valence electrons. The smallest absolute Gasteiger partial charge is 0.318 e. The molecule has 2 fully saturated rings. The fourth-order valence-electron chi connectivity index (χ4n) is 6.26. The molecule has 2 rings (SSSR count). The average Bonchev–Trinajstić information content (AvgIpc) is 3.44. The van der Waals surface area contributed by atoms with E-state index in [-0.39, 0.29) is 42.1 Å². The largest absolute Gasteiger partial charge is 0.481 e. The fraction of sp³-hybridized carbons (Fsp3) is 0.867. The van der Waals surface area contributed by atoms with E-state index >= 15 is 0 Å². The van der Waals surface area contributed by atoms with Crippen molar-refractivity contribution in [2.75, 3.05) is 61.0 Å². The molecule has 2 saturated heterocycles. The Morgan fingerprint density at radius 3 is 2.12 bits per heavy atom. The number of carboxylic acid groups (broad SMARTS) is 1. The highest BCUT2D eigenvalue weighted by Crippen LogP contribution is 2.29. The van der Waals surface area contributed by atoms with Gasteiger partial charge in [-0.1, -0.05) is 34.1 Å². The molecule has 12 heteroatoms. The van der Waals surface area contributed by atoms with E-state index in [1.54, 1.807) is 35.8 Å². The van der Waals surface area contributed by atoms with E-state index in [0.717, 1.165) is 25.9 Å². The third-order valence-electron chi connectivity index (χ3n) is 9.24. The third-order valence-corrected chi connectivity index (χ3v) is 9.24. The lowest BCUT2D eigenvalue weighted by atomic mass is 9.89. The number of amides is 4. The van der Waals surface area contributed by atoms with Crippen LogP contribution in [-0.2, 0) is 23.9 Å². The summed E-state index contributed by atoms with van der Waals surface area (Å²) in [6, 6.07) is -1.74. The minimum absolute atomic E-state index is 0.00553. The number of carboxylic acids is 1. The van der Waals surface area contributed by atoms with Crippen molar-refractivity contribution >= 4 is 23.8 Å². The molecule has 2 heterocycles. The highest BCUT2D eigenvalue weighted by Gasteiger charge is 2.42. The molecule has 2 aliphatic rings. The number of nitrogens with one attached hydrogen (secondary N) is 1.